The lowest BCUT2D eigenvalue weighted by Crippen LogP contribution is -2.37. The van der Waals surface area contributed by atoms with E-state index in [1.54, 1.807) is 19.2 Å². The van der Waals surface area contributed by atoms with Crippen LogP contribution in [0.25, 0.3) is 0 Å². The largest absolute Gasteiger partial charge is 0.338 e. The minimum Gasteiger partial charge on any atom is -0.338 e. The van der Waals surface area contributed by atoms with Crippen molar-refractivity contribution < 1.29 is 9.59 Å². The summed E-state index contributed by atoms with van der Waals surface area (Å²) in [6, 6.07) is 7.35. The summed E-state index contributed by atoms with van der Waals surface area (Å²) in [4.78, 5) is 24.9. The van der Waals surface area contributed by atoms with Gasteiger partial charge in [-0.3, -0.25) is 9.59 Å². The third-order valence-corrected chi connectivity index (χ3v) is 2.70. The first-order valence-electron chi connectivity index (χ1n) is 6.17. The zero-order chi connectivity index (χ0) is 13.5. The Bertz CT molecular complexity index is 412. The fraction of sp³-hybridized carbons (Fsp3) is 0.429. The molecule has 0 saturated carbocycles. The molecule has 0 aliphatic rings. The number of hydrogen-bond acceptors (Lipinski definition) is 2. The van der Waals surface area contributed by atoms with Gasteiger partial charge >= 0.3 is 11.8 Å². The van der Waals surface area contributed by atoms with Crippen molar-refractivity contribution in [3.05, 3.63) is 29.8 Å². The highest BCUT2D eigenvalue weighted by Gasteiger charge is 2.17. The molecule has 1 rings (SSSR count). The highest BCUT2D eigenvalue weighted by molar-refractivity contribution is 6.39. The molecule has 0 radical (unpaired) electrons. The van der Waals surface area contributed by atoms with Crippen molar-refractivity contribution in [3.8, 4) is 0 Å². The SMILES string of the molecule is CCCCN(C)C(=O)C(=O)Nc1ccc(C)cc1. The molecule has 1 aromatic carbocycles. The van der Waals surface area contributed by atoms with Crippen molar-refractivity contribution in [2.45, 2.75) is 26.7 Å². The molecule has 0 unspecified atom stereocenters. The van der Waals surface area contributed by atoms with Gasteiger partial charge in [0.1, 0.15) is 0 Å². The smallest absolute Gasteiger partial charge is 0.313 e. The number of carbonyl (C=O) groups excluding carboxylic acids is 2. The second-order valence-electron chi connectivity index (χ2n) is 4.40. The van der Waals surface area contributed by atoms with Gasteiger partial charge in [-0.2, -0.15) is 0 Å². The van der Waals surface area contributed by atoms with Gasteiger partial charge in [-0.15, -0.1) is 0 Å². The highest BCUT2D eigenvalue weighted by atomic mass is 16.2. The molecule has 98 valence electrons. The van der Waals surface area contributed by atoms with Gasteiger partial charge in [-0.25, -0.2) is 0 Å². The normalized spacial score (nSPS) is 9.94. The van der Waals surface area contributed by atoms with E-state index in [1.165, 1.54) is 4.90 Å². The summed E-state index contributed by atoms with van der Waals surface area (Å²) in [5.74, 6) is -1.08. The van der Waals surface area contributed by atoms with Crippen molar-refractivity contribution in [2.24, 2.45) is 0 Å². The van der Waals surface area contributed by atoms with Gasteiger partial charge < -0.3 is 10.2 Å². The Balaban J connectivity index is 2.54. The summed E-state index contributed by atoms with van der Waals surface area (Å²) in [6.07, 6.45) is 1.90. The van der Waals surface area contributed by atoms with Crippen molar-refractivity contribution in [1.29, 1.82) is 0 Å². The van der Waals surface area contributed by atoms with Crippen LogP contribution in [0, 0.1) is 6.92 Å². The Hall–Kier alpha value is -1.84. The number of amides is 2. The van der Waals surface area contributed by atoms with Crippen LogP contribution in [0.5, 0.6) is 0 Å². The van der Waals surface area contributed by atoms with Crippen LogP contribution in [0.1, 0.15) is 25.3 Å². The predicted molar refractivity (Wildman–Crippen MR) is 72.4 cm³/mol. The molecular formula is C14H20N2O2. The van der Waals surface area contributed by atoms with E-state index < -0.39 is 11.8 Å². The van der Waals surface area contributed by atoms with Crippen molar-refractivity contribution >= 4 is 17.5 Å². The highest BCUT2D eigenvalue weighted by Crippen LogP contribution is 2.08. The number of likely N-dealkylation sites (N-methyl/N-ethyl adjacent to an activating group) is 1. The molecule has 2 amide bonds. The minimum atomic E-state index is -0.586. The van der Waals surface area contributed by atoms with Crippen LogP contribution < -0.4 is 5.32 Å². The molecule has 18 heavy (non-hydrogen) atoms. The first-order chi connectivity index (χ1) is 8.54. The van der Waals surface area contributed by atoms with E-state index in [2.05, 4.69) is 5.32 Å². The molecule has 0 saturated heterocycles. The topological polar surface area (TPSA) is 49.4 Å². The Morgan fingerprint density at radius 1 is 1.22 bits per heavy atom. The second-order valence-corrected chi connectivity index (χ2v) is 4.40. The summed E-state index contributed by atoms with van der Waals surface area (Å²) in [5.41, 5.74) is 1.75. The minimum absolute atomic E-state index is 0.496. The van der Waals surface area contributed by atoms with E-state index in [0.717, 1.165) is 18.4 Å². The maximum Gasteiger partial charge on any atom is 0.313 e. The van der Waals surface area contributed by atoms with Crippen LogP contribution >= 0.6 is 0 Å². The van der Waals surface area contributed by atoms with Crippen molar-refractivity contribution in [1.82, 2.24) is 4.90 Å². The van der Waals surface area contributed by atoms with E-state index in [9.17, 15) is 9.59 Å². The van der Waals surface area contributed by atoms with Crippen LogP contribution in [0.15, 0.2) is 24.3 Å². The van der Waals surface area contributed by atoms with Gasteiger partial charge in [-0.05, 0) is 25.5 Å². The molecule has 0 bridgehead atoms. The first-order valence-corrected chi connectivity index (χ1v) is 6.17. The average Bonchev–Trinajstić information content (AvgIpc) is 2.37. The zero-order valence-electron chi connectivity index (χ0n) is 11.2. The molecule has 4 heteroatoms. The van der Waals surface area contributed by atoms with E-state index in [1.807, 2.05) is 26.0 Å². The second kappa shape index (κ2) is 6.79. The number of nitrogens with zero attached hydrogens (tertiary/aromatic N) is 1. The summed E-state index contributed by atoms with van der Waals surface area (Å²) in [5, 5.41) is 2.60. The lowest BCUT2D eigenvalue weighted by molar-refractivity contribution is -0.142. The van der Waals surface area contributed by atoms with Gasteiger partial charge in [0.25, 0.3) is 0 Å². The molecule has 0 heterocycles. The number of hydrogen-bond donors (Lipinski definition) is 1. The number of benzene rings is 1. The summed E-state index contributed by atoms with van der Waals surface area (Å²) < 4.78 is 0. The molecule has 0 aromatic heterocycles. The standard InChI is InChI=1S/C14H20N2O2/c1-4-5-10-16(3)14(18)13(17)15-12-8-6-11(2)7-9-12/h6-9H,4-5,10H2,1-3H3,(H,15,17). The van der Waals surface area contributed by atoms with E-state index in [-0.39, 0.29) is 0 Å². The Morgan fingerprint density at radius 2 is 1.83 bits per heavy atom. The van der Waals surface area contributed by atoms with Crippen molar-refractivity contribution in [2.75, 3.05) is 18.9 Å². The Labute approximate surface area is 108 Å². The van der Waals surface area contributed by atoms with Gasteiger partial charge in [-0.1, -0.05) is 31.0 Å². The van der Waals surface area contributed by atoms with Crippen LogP contribution in [-0.2, 0) is 9.59 Å². The number of anilines is 1. The molecule has 1 N–H and O–H groups in total. The van der Waals surface area contributed by atoms with Gasteiger partial charge in [0.05, 0.1) is 0 Å². The van der Waals surface area contributed by atoms with Crippen LogP contribution in [0.2, 0.25) is 0 Å². The van der Waals surface area contributed by atoms with Gasteiger partial charge in [0.15, 0.2) is 0 Å². The molecule has 0 aliphatic heterocycles. The fourth-order valence-corrected chi connectivity index (χ4v) is 1.49. The third kappa shape index (κ3) is 4.20. The van der Waals surface area contributed by atoms with Gasteiger partial charge in [0, 0.05) is 19.3 Å². The van der Waals surface area contributed by atoms with Crippen LogP contribution in [-0.4, -0.2) is 30.3 Å². The number of rotatable bonds is 4. The predicted octanol–water partition coefficient (Wildman–Crippen LogP) is 2.19. The lowest BCUT2D eigenvalue weighted by Gasteiger charge is -2.16. The first kappa shape index (κ1) is 14.2. The van der Waals surface area contributed by atoms with Crippen molar-refractivity contribution in [3.63, 3.8) is 0 Å². The zero-order valence-corrected chi connectivity index (χ0v) is 11.2. The molecule has 0 atom stereocenters. The maximum absolute atomic E-state index is 11.7. The monoisotopic (exact) mass is 248 g/mol. The van der Waals surface area contributed by atoms with E-state index >= 15 is 0 Å². The van der Waals surface area contributed by atoms with E-state index in [0.29, 0.717) is 12.2 Å². The number of nitrogens with one attached hydrogen (secondary N) is 1. The average molecular weight is 248 g/mol. The summed E-state index contributed by atoms with van der Waals surface area (Å²) in [7, 11) is 1.65. The molecule has 0 aliphatic carbocycles. The molecule has 0 spiro atoms. The molecule has 0 fully saturated rings. The van der Waals surface area contributed by atoms with E-state index in [4.69, 9.17) is 0 Å². The fourth-order valence-electron chi connectivity index (χ4n) is 1.49. The number of carbonyl (C=O) groups is 2. The Kier molecular flexibility index (Phi) is 5.36. The number of unbranched alkanes of at least 4 members (excludes halogenated alkanes) is 1. The molecule has 1 aromatic rings. The van der Waals surface area contributed by atoms with Crippen LogP contribution in [0.4, 0.5) is 5.69 Å². The van der Waals surface area contributed by atoms with Gasteiger partial charge in [0.2, 0.25) is 0 Å². The molecule has 4 nitrogen and oxygen atoms in total. The summed E-state index contributed by atoms with van der Waals surface area (Å²) >= 11 is 0. The Morgan fingerprint density at radius 3 is 2.39 bits per heavy atom. The van der Waals surface area contributed by atoms with Crippen LogP contribution in [0.3, 0.4) is 0 Å². The maximum atomic E-state index is 11.7. The quantitative estimate of drug-likeness (QED) is 0.830. The molecular weight excluding hydrogens is 228 g/mol. The number of aryl methyl sites for hydroxylation is 1. The third-order valence-electron chi connectivity index (χ3n) is 2.70. The summed E-state index contributed by atoms with van der Waals surface area (Å²) in [6.45, 7) is 4.62. The lowest BCUT2D eigenvalue weighted by atomic mass is 10.2.